The van der Waals surface area contributed by atoms with Crippen LogP contribution in [0.25, 0.3) is 0 Å². The number of hydrogen-bond donors (Lipinski definition) is 1. The van der Waals surface area contributed by atoms with Crippen LogP contribution in [0.5, 0.6) is 0 Å². The smallest absolute Gasteiger partial charge is 0.242 e. The lowest BCUT2D eigenvalue weighted by Crippen LogP contribution is -2.49. The summed E-state index contributed by atoms with van der Waals surface area (Å²) in [5, 5.41) is 2.86. The molecule has 2 rings (SSSR count). The van der Waals surface area contributed by atoms with E-state index >= 15 is 0 Å². The van der Waals surface area contributed by atoms with Crippen molar-refractivity contribution in [1.29, 1.82) is 0 Å². The molecule has 27 heavy (non-hydrogen) atoms. The molecule has 0 radical (unpaired) electrons. The van der Waals surface area contributed by atoms with E-state index in [0.717, 1.165) is 10.5 Å². The molecular weight excluding hydrogens is 356 g/mol. The number of likely N-dealkylation sites (N-methyl/N-ethyl adjacent to an activating group) is 1. The molecule has 5 heteroatoms. The van der Waals surface area contributed by atoms with Gasteiger partial charge in [0, 0.05) is 18.0 Å². The third kappa shape index (κ3) is 6.43. The van der Waals surface area contributed by atoms with Crippen molar-refractivity contribution in [1.82, 2.24) is 10.2 Å². The zero-order chi connectivity index (χ0) is 19.6. The van der Waals surface area contributed by atoms with Crippen LogP contribution in [-0.4, -0.2) is 35.1 Å². The topological polar surface area (TPSA) is 49.4 Å². The van der Waals surface area contributed by atoms with E-state index < -0.39 is 6.04 Å². The highest BCUT2D eigenvalue weighted by Crippen LogP contribution is 2.20. The van der Waals surface area contributed by atoms with Crippen LogP contribution < -0.4 is 5.32 Å². The number of nitrogens with zero attached hydrogens (tertiary/aromatic N) is 1. The number of carbonyl (C=O) groups excluding carboxylic acids is 2. The SMILES string of the molecule is CCNC(=O)[C@H](CC)N(Cc1ccc(C)cc1)C(=O)CSc1ccccc1. The molecule has 0 aromatic heterocycles. The average Bonchev–Trinajstić information content (AvgIpc) is 2.68. The summed E-state index contributed by atoms with van der Waals surface area (Å²) in [5.41, 5.74) is 2.20. The first kappa shape index (κ1) is 21.0. The molecule has 0 saturated carbocycles. The predicted molar refractivity (Wildman–Crippen MR) is 112 cm³/mol. The Hall–Kier alpha value is -2.27. The van der Waals surface area contributed by atoms with Gasteiger partial charge in [0.05, 0.1) is 5.75 Å². The number of amides is 2. The lowest BCUT2D eigenvalue weighted by molar-refractivity contribution is -0.139. The summed E-state index contributed by atoms with van der Waals surface area (Å²) in [6.07, 6.45) is 0.583. The van der Waals surface area contributed by atoms with Gasteiger partial charge in [-0.15, -0.1) is 11.8 Å². The quantitative estimate of drug-likeness (QED) is 0.664. The van der Waals surface area contributed by atoms with Gasteiger partial charge in [0.1, 0.15) is 6.04 Å². The fraction of sp³-hybridized carbons (Fsp3) is 0.364. The molecule has 2 aromatic carbocycles. The number of hydrogen-bond acceptors (Lipinski definition) is 3. The van der Waals surface area contributed by atoms with Crippen molar-refractivity contribution in [2.75, 3.05) is 12.3 Å². The maximum atomic E-state index is 13.0. The van der Waals surface area contributed by atoms with Gasteiger partial charge in [-0.2, -0.15) is 0 Å². The largest absolute Gasteiger partial charge is 0.355 e. The Labute approximate surface area is 166 Å². The van der Waals surface area contributed by atoms with E-state index in [1.807, 2.05) is 75.4 Å². The van der Waals surface area contributed by atoms with Crippen molar-refractivity contribution in [2.24, 2.45) is 0 Å². The maximum Gasteiger partial charge on any atom is 0.242 e. The summed E-state index contributed by atoms with van der Waals surface area (Å²) in [6.45, 7) is 6.86. The van der Waals surface area contributed by atoms with Crippen molar-refractivity contribution in [3.8, 4) is 0 Å². The van der Waals surface area contributed by atoms with Gasteiger partial charge in [0.2, 0.25) is 11.8 Å². The van der Waals surface area contributed by atoms with Crippen molar-refractivity contribution >= 4 is 23.6 Å². The normalized spacial score (nSPS) is 11.7. The van der Waals surface area contributed by atoms with E-state index in [1.54, 1.807) is 4.90 Å². The van der Waals surface area contributed by atoms with E-state index in [0.29, 0.717) is 25.3 Å². The molecule has 1 N–H and O–H groups in total. The van der Waals surface area contributed by atoms with Crippen LogP contribution in [0.2, 0.25) is 0 Å². The zero-order valence-electron chi connectivity index (χ0n) is 16.3. The number of aryl methyl sites for hydroxylation is 1. The van der Waals surface area contributed by atoms with Crippen LogP contribution in [0.4, 0.5) is 0 Å². The molecule has 0 bridgehead atoms. The fourth-order valence-electron chi connectivity index (χ4n) is 2.85. The summed E-state index contributed by atoms with van der Waals surface area (Å²) in [7, 11) is 0. The molecule has 0 heterocycles. The monoisotopic (exact) mass is 384 g/mol. The molecule has 144 valence electrons. The number of nitrogens with one attached hydrogen (secondary N) is 1. The van der Waals surface area contributed by atoms with E-state index in [4.69, 9.17) is 0 Å². The van der Waals surface area contributed by atoms with Gasteiger partial charge in [0.25, 0.3) is 0 Å². The highest BCUT2D eigenvalue weighted by molar-refractivity contribution is 8.00. The molecular formula is C22H28N2O2S. The predicted octanol–water partition coefficient (Wildman–Crippen LogP) is 4.03. The third-order valence-corrected chi connectivity index (χ3v) is 5.31. The van der Waals surface area contributed by atoms with Crippen molar-refractivity contribution in [3.63, 3.8) is 0 Å². The van der Waals surface area contributed by atoms with Crippen molar-refractivity contribution < 1.29 is 9.59 Å². The van der Waals surface area contributed by atoms with Crippen molar-refractivity contribution in [2.45, 2.75) is 44.7 Å². The van der Waals surface area contributed by atoms with Crippen molar-refractivity contribution in [3.05, 3.63) is 65.7 Å². The highest BCUT2D eigenvalue weighted by atomic mass is 32.2. The van der Waals surface area contributed by atoms with E-state index in [1.165, 1.54) is 17.3 Å². The molecule has 0 aliphatic rings. The van der Waals surface area contributed by atoms with Gasteiger partial charge in [-0.3, -0.25) is 9.59 Å². The molecule has 1 atom stereocenters. The van der Waals surface area contributed by atoms with Gasteiger partial charge in [-0.1, -0.05) is 55.0 Å². The Morgan fingerprint density at radius 3 is 2.30 bits per heavy atom. The van der Waals surface area contributed by atoms with Crippen LogP contribution in [0.3, 0.4) is 0 Å². The Morgan fingerprint density at radius 2 is 1.70 bits per heavy atom. The minimum Gasteiger partial charge on any atom is -0.355 e. The molecule has 0 fully saturated rings. The Kier molecular flexibility index (Phi) is 8.40. The summed E-state index contributed by atoms with van der Waals surface area (Å²) in [6, 6.07) is 17.5. The number of carbonyl (C=O) groups is 2. The van der Waals surface area contributed by atoms with Gasteiger partial charge >= 0.3 is 0 Å². The second-order valence-corrected chi connectivity index (χ2v) is 7.48. The number of thioether (sulfide) groups is 1. The third-order valence-electron chi connectivity index (χ3n) is 4.32. The summed E-state index contributed by atoms with van der Waals surface area (Å²) in [4.78, 5) is 28.3. The standard InChI is InChI=1S/C22H28N2O2S/c1-4-20(22(26)23-5-2)24(15-18-13-11-17(3)12-14-18)21(25)16-27-19-9-7-6-8-10-19/h6-14,20H,4-5,15-16H2,1-3H3,(H,23,26)/t20-/m0/s1. The van der Waals surface area contributed by atoms with Gasteiger partial charge < -0.3 is 10.2 Å². The average molecular weight is 385 g/mol. The molecule has 0 aliphatic carbocycles. The first-order valence-corrected chi connectivity index (χ1v) is 10.3. The van der Waals surface area contributed by atoms with Crippen LogP contribution in [-0.2, 0) is 16.1 Å². The first-order chi connectivity index (χ1) is 13.0. The highest BCUT2D eigenvalue weighted by Gasteiger charge is 2.28. The molecule has 4 nitrogen and oxygen atoms in total. The summed E-state index contributed by atoms with van der Waals surface area (Å²) >= 11 is 1.50. The first-order valence-electron chi connectivity index (χ1n) is 9.35. The zero-order valence-corrected chi connectivity index (χ0v) is 17.1. The number of benzene rings is 2. The van der Waals surface area contributed by atoms with Crippen LogP contribution in [0.15, 0.2) is 59.5 Å². The summed E-state index contributed by atoms with van der Waals surface area (Å²) in [5.74, 6) is 0.193. The minimum atomic E-state index is -0.463. The maximum absolute atomic E-state index is 13.0. The Bertz CT molecular complexity index is 732. The molecule has 0 saturated heterocycles. The summed E-state index contributed by atoms with van der Waals surface area (Å²) < 4.78 is 0. The molecule has 0 spiro atoms. The lowest BCUT2D eigenvalue weighted by atomic mass is 10.1. The Morgan fingerprint density at radius 1 is 1.04 bits per heavy atom. The number of rotatable bonds is 9. The molecule has 0 aliphatic heterocycles. The van der Waals surface area contributed by atoms with E-state index in [2.05, 4.69) is 5.32 Å². The van der Waals surface area contributed by atoms with Gasteiger partial charge in [0.15, 0.2) is 0 Å². The lowest BCUT2D eigenvalue weighted by Gasteiger charge is -2.30. The van der Waals surface area contributed by atoms with Crippen LogP contribution in [0.1, 0.15) is 31.4 Å². The van der Waals surface area contributed by atoms with Crippen LogP contribution in [0, 0.1) is 6.92 Å². The second kappa shape index (κ2) is 10.8. The van der Waals surface area contributed by atoms with Gasteiger partial charge in [-0.25, -0.2) is 0 Å². The molecule has 0 unspecified atom stereocenters. The Balaban J connectivity index is 2.17. The van der Waals surface area contributed by atoms with E-state index in [9.17, 15) is 9.59 Å². The second-order valence-electron chi connectivity index (χ2n) is 6.43. The van der Waals surface area contributed by atoms with Gasteiger partial charge in [-0.05, 0) is 38.0 Å². The molecule has 2 amide bonds. The molecule has 2 aromatic rings. The van der Waals surface area contributed by atoms with E-state index in [-0.39, 0.29) is 11.8 Å². The van der Waals surface area contributed by atoms with Crippen LogP contribution >= 0.6 is 11.8 Å². The minimum absolute atomic E-state index is 0.0254. The fourth-order valence-corrected chi connectivity index (χ4v) is 3.65.